The Morgan fingerprint density at radius 2 is 1.88 bits per heavy atom. The quantitative estimate of drug-likeness (QED) is 0.267. The molecule has 0 spiro atoms. The van der Waals surface area contributed by atoms with E-state index in [1.807, 2.05) is 0 Å². The van der Waals surface area contributed by atoms with Gasteiger partial charge in [-0.2, -0.15) is 0 Å². The normalized spacial score (nSPS) is 17.4. The lowest BCUT2D eigenvalue weighted by Gasteiger charge is -2.25. The molecular formula is C24H22N4O5. The van der Waals surface area contributed by atoms with Crippen LogP contribution in [0.1, 0.15) is 44.5 Å². The first-order valence-electron chi connectivity index (χ1n) is 10.2. The van der Waals surface area contributed by atoms with Gasteiger partial charge in [0.05, 0.1) is 18.7 Å². The van der Waals surface area contributed by atoms with Crippen molar-refractivity contribution in [3.8, 4) is 0 Å². The molecule has 168 valence electrons. The lowest BCUT2D eigenvalue weighted by atomic mass is 9.94. The Bertz CT molecular complexity index is 1260. The van der Waals surface area contributed by atoms with Crippen molar-refractivity contribution in [3.05, 3.63) is 88.3 Å². The second kappa shape index (κ2) is 8.70. The minimum Gasteiger partial charge on any atom is -0.507 e. The summed E-state index contributed by atoms with van der Waals surface area (Å²) in [5.74, 6) is -2.50. The van der Waals surface area contributed by atoms with Crippen LogP contribution >= 0.6 is 0 Å². The van der Waals surface area contributed by atoms with E-state index >= 15 is 0 Å². The standard InChI is InChI=1S/C24H22N4O5/c1-13-17(14(2)27-19(13)24(32)33-3)21(29)18-20(16-6-9-25-10-7-16)28(23(31)22(18)30)12-15-5-4-8-26-11-15/h4-11,20,27,29H,12H2,1-3H3/b21-18+/t20-/m1/s1. The second-order valence-electron chi connectivity index (χ2n) is 7.69. The number of amides is 1. The molecule has 4 rings (SSSR count). The molecule has 0 aromatic carbocycles. The van der Waals surface area contributed by atoms with Crippen LogP contribution in [0.4, 0.5) is 0 Å². The molecule has 1 fully saturated rings. The van der Waals surface area contributed by atoms with Crippen molar-refractivity contribution in [1.82, 2.24) is 19.9 Å². The van der Waals surface area contributed by atoms with E-state index < -0.39 is 23.7 Å². The number of hydrogen-bond donors (Lipinski definition) is 2. The first-order valence-corrected chi connectivity index (χ1v) is 10.2. The van der Waals surface area contributed by atoms with Gasteiger partial charge in [0, 0.05) is 42.6 Å². The minimum absolute atomic E-state index is 0.0586. The first kappa shape index (κ1) is 21.9. The molecule has 9 nitrogen and oxygen atoms in total. The van der Waals surface area contributed by atoms with Crippen molar-refractivity contribution in [2.45, 2.75) is 26.4 Å². The number of carbonyl (C=O) groups excluding carboxylic acids is 3. The molecular weight excluding hydrogens is 424 g/mol. The van der Waals surface area contributed by atoms with Gasteiger partial charge in [-0.05, 0) is 48.7 Å². The summed E-state index contributed by atoms with van der Waals surface area (Å²) >= 11 is 0. The number of aliphatic hydroxyl groups excluding tert-OH is 1. The van der Waals surface area contributed by atoms with E-state index in [9.17, 15) is 19.5 Å². The van der Waals surface area contributed by atoms with Crippen molar-refractivity contribution in [2.75, 3.05) is 7.11 Å². The van der Waals surface area contributed by atoms with E-state index in [2.05, 4.69) is 15.0 Å². The van der Waals surface area contributed by atoms with Crippen molar-refractivity contribution in [2.24, 2.45) is 0 Å². The van der Waals surface area contributed by atoms with Gasteiger partial charge in [-0.1, -0.05) is 6.07 Å². The van der Waals surface area contributed by atoms with Crippen LogP contribution in [-0.4, -0.2) is 49.7 Å². The fourth-order valence-corrected chi connectivity index (χ4v) is 4.17. The number of H-pyrrole nitrogens is 1. The Morgan fingerprint density at radius 1 is 1.15 bits per heavy atom. The first-order chi connectivity index (χ1) is 15.8. The topological polar surface area (TPSA) is 125 Å². The third-order valence-electron chi connectivity index (χ3n) is 5.70. The van der Waals surface area contributed by atoms with Crippen molar-refractivity contribution in [1.29, 1.82) is 0 Å². The number of aromatic amines is 1. The summed E-state index contributed by atoms with van der Waals surface area (Å²) in [5.41, 5.74) is 2.64. The molecule has 4 heterocycles. The summed E-state index contributed by atoms with van der Waals surface area (Å²) in [4.78, 5) is 50.8. The predicted molar refractivity (Wildman–Crippen MR) is 118 cm³/mol. The maximum absolute atomic E-state index is 13.2. The number of nitrogens with one attached hydrogen (secondary N) is 1. The molecule has 0 aliphatic carbocycles. The van der Waals surface area contributed by atoms with E-state index in [1.165, 1.54) is 12.0 Å². The number of aliphatic hydroxyl groups is 1. The molecule has 9 heteroatoms. The van der Waals surface area contributed by atoms with Gasteiger partial charge in [-0.15, -0.1) is 0 Å². The number of esters is 1. The van der Waals surface area contributed by atoms with Gasteiger partial charge in [0.25, 0.3) is 11.7 Å². The highest BCUT2D eigenvalue weighted by Gasteiger charge is 2.46. The molecule has 1 aliphatic rings. The second-order valence-corrected chi connectivity index (χ2v) is 7.69. The lowest BCUT2D eigenvalue weighted by molar-refractivity contribution is -0.140. The molecule has 0 saturated carbocycles. The Kier molecular flexibility index (Phi) is 5.78. The van der Waals surface area contributed by atoms with Crippen LogP contribution in [0.25, 0.3) is 5.76 Å². The number of carbonyl (C=O) groups is 3. The largest absolute Gasteiger partial charge is 0.507 e. The molecule has 1 atom stereocenters. The Labute approximate surface area is 189 Å². The van der Waals surface area contributed by atoms with Gasteiger partial charge < -0.3 is 19.7 Å². The average molecular weight is 446 g/mol. The molecule has 1 amide bonds. The van der Waals surface area contributed by atoms with Crippen molar-refractivity contribution < 1.29 is 24.2 Å². The van der Waals surface area contributed by atoms with Gasteiger partial charge in [0.15, 0.2) is 0 Å². The smallest absolute Gasteiger partial charge is 0.354 e. The van der Waals surface area contributed by atoms with Crippen LogP contribution in [0.15, 0.2) is 54.6 Å². The van der Waals surface area contributed by atoms with Crippen molar-refractivity contribution in [3.63, 3.8) is 0 Å². The number of aromatic nitrogens is 3. The summed E-state index contributed by atoms with van der Waals surface area (Å²) < 4.78 is 4.79. The molecule has 2 N–H and O–H groups in total. The number of nitrogens with zero attached hydrogens (tertiary/aromatic N) is 3. The monoisotopic (exact) mass is 446 g/mol. The number of Topliss-reactive ketones (excluding diaryl/α,β-unsaturated/α-hetero) is 1. The number of pyridine rings is 2. The van der Waals surface area contributed by atoms with E-state index in [0.29, 0.717) is 16.8 Å². The summed E-state index contributed by atoms with van der Waals surface area (Å²) in [5, 5.41) is 11.3. The van der Waals surface area contributed by atoms with Gasteiger partial charge in [0.2, 0.25) is 0 Å². The molecule has 1 aliphatic heterocycles. The fourth-order valence-electron chi connectivity index (χ4n) is 4.17. The highest BCUT2D eigenvalue weighted by Crippen LogP contribution is 2.41. The Morgan fingerprint density at radius 3 is 2.52 bits per heavy atom. The van der Waals surface area contributed by atoms with E-state index in [1.54, 1.807) is 62.9 Å². The zero-order valence-corrected chi connectivity index (χ0v) is 18.3. The Balaban J connectivity index is 1.90. The van der Waals surface area contributed by atoms with Gasteiger partial charge >= 0.3 is 5.97 Å². The van der Waals surface area contributed by atoms with Crippen LogP contribution in [0.5, 0.6) is 0 Å². The van der Waals surface area contributed by atoms with E-state index in [4.69, 9.17) is 4.74 Å². The number of rotatable bonds is 5. The number of hydrogen-bond acceptors (Lipinski definition) is 7. The zero-order chi connectivity index (χ0) is 23.7. The number of ether oxygens (including phenoxy) is 1. The van der Waals surface area contributed by atoms with Crippen LogP contribution in [0, 0.1) is 13.8 Å². The number of likely N-dealkylation sites (tertiary alicyclic amines) is 1. The van der Waals surface area contributed by atoms with Crippen molar-refractivity contribution >= 4 is 23.4 Å². The third kappa shape index (κ3) is 3.78. The average Bonchev–Trinajstić information content (AvgIpc) is 3.27. The summed E-state index contributed by atoms with van der Waals surface area (Å²) in [7, 11) is 1.25. The maximum atomic E-state index is 13.2. The molecule has 3 aromatic heterocycles. The molecule has 0 radical (unpaired) electrons. The maximum Gasteiger partial charge on any atom is 0.354 e. The fraction of sp³-hybridized carbons (Fsp3) is 0.208. The Hall–Kier alpha value is -4.27. The lowest BCUT2D eigenvalue weighted by Crippen LogP contribution is -2.29. The SMILES string of the molecule is COC(=O)c1[nH]c(C)c(/C(O)=C2\C(=O)C(=O)N(Cc3cccnc3)[C@@H]2c2ccncc2)c1C. The van der Waals surface area contributed by atoms with E-state index in [0.717, 1.165) is 5.56 Å². The van der Waals surface area contributed by atoms with Gasteiger partial charge in [-0.3, -0.25) is 19.6 Å². The van der Waals surface area contributed by atoms with Gasteiger partial charge in [0.1, 0.15) is 11.5 Å². The number of ketones is 1. The predicted octanol–water partition coefficient (Wildman–Crippen LogP) is 2.83. The van der Waals surface area contributed by atoms with Crippen LogP contribution < -0.4 is 0 Å². The van der Waals surface area contributed by atoms with Crippen LogP contribution in [0.2, 0.25) is 0 Å². The van der Waals surface area contributed by atoms with Crippen LogP contribution in [-0.2, 0) is 20.9 Å². The molecule has 0 unspecified atom stereocenters. The zero-order valence-electron chi connectivity index (χ0n) is 18.3. The molecule has 1 saturated heterocycles. The number of methoxy groups -OCH3 is 1. The molecule has 33 heavy (non-hydrogen) atoms. The van der Waals surface area contributed by atoms with E-state index in [-0.39, 0.29) is 29.1 Å². The minimum atomic E-state index is -0.844. The highest BCUT2D eigenvalue weighted by molar-refractivity contribution is 6.46. The summed E-state index contributed by atoms with van der Waals surface area (Å²) in [6, 6.07) is 6.09. The number of aryl methyl sites for hydroxylation is 1. The molecule has 0 bridgehead atoms. The highest BCUT2D eigenvalue weighted by atomic mass is 16.5. The van der Waals surface area contributed by atoms with Gasteiger partial charge in [-0.25, -0.2) is 4.79 Å². The summed E-state index contributed by atoms with van der Waals surface area (Å²) in [6.07, 6.45) is 6.35. The van der Waals surface area contributed by atoms with Crippen LogP contribution in [0.3, 0.4) is 0 Å². The third-order valence-corrected chi connectivity index (χ3v) is 5.70. The molecule has 3 aromatic rings. The summed E-state index contributed by atoms with van der Waals surface area (Å²) in [6.45, 7) is 3.43.